The Kier molecular flexibility index (Phi) is 3.39. The van der Waals surface area contributed by atoms with Crippen LogP contribution in [0.5, 0.6) is 0 Å². The van der Waals surface area contributed by atoms with E-state index in [1.807, 2.05) is 6.07 Å². The third-order valence-electron chi connectivity index (χ3n) is 2.25. The molecule has 0 saturated carbocycles. The highest BCUT2D eigenvalue weighted by Gasteiger charge is 2.13. The standard InChI is InChI=1S/C11H8BrN5O/c1-17-10(7(4-13)5-15-17)16-11(18)9-3-2-8(12)6-14-9/h2-3,5-6H,1H3,(H,16,18). The molecular formula is C11H8BrN5O. The number of nitrogens with zero attached hydrogens (tertiary/aromatic N) is 4. The van der Waals surface area contributed by atoms with E-state index in [4.69, 9.17) is 5.26 Å². The zero-order valence-electron chi connectivity index (χ0n) is 9.38. The van der Waals surface area contributed by atoms with Gasteiger partial charge in [0.15, 0.2) is 0 Å². The fraction of sp³-hybridized carbons (Fsp3) is 0.0909. The first-order valence-corrected chi connectivity index (χ1v) is 5.76. The van der Waals surface area contributed by atoms with Crippen LogP contribution in [-0.4, -0.2) is 20.7 Å². The lowest BCUT2D eigenvalue weighted by Gasteiger charge is -2.05. The van der Waals surface area contributed by atoms with Crippen LogP contribution in [0.3, 0.4) is 0 Å². The number of amides is 1. The van der Waals surface area contributed by atoms with E-state index >= 15 is 0 Å². The lowest BCUT2D eigenvalue weighted by molar-refractivity contribution is 0.102. The zero-order chi connectivity index (χ0) is 13.1. The highest BCUT2D eigenvalue weighted by molar-refractivity contribution is 9.10. The van der Waals surface area contributed by atoms with E-state index < -0.39 is 0 Å². The Morgan fingerprint density at radius 2 is 2.28 bits per heavy atom. The smallest absolute Gasteiger partial charge is 0.275 e. The van der Waals surface area contributed by atoms with Gasteiger partial charge in [-0.2, -0.15) is 10.4 Å². The van der Waals surface area contributed by atoms with E-state index in [1.165, 1.54) is 17.1 Å². The van der Waals surface area contributed by atoms with E-state index in [0.29, 0.717) is 11.4 Å². The summed E-state index contributed by atoms with van der Waals surface area (Å²) in [5, 5.41) is 15.4. The largest absolute Gasteiger partial charge is 0.304 e. The van der Waals surface area contributed by atoms with Gasteiger partial charge in [0.05, 0.1) is 6.20 Å². The minimum atomic E-state index is -0.386. The summed E-state index contributed by atoms with van der Waals surface area (Å²) in [5.41, 5.74) is 0.575. The van der Waals surface area contributed by atoms with Crippen LogP contribution >= 0.6 is 15.9 Å². The Labute approximate surface area is 111 Å². The maximum atomic E-state index is 11.9. The monoisotopic (exact) mass is 305 g/mol. The molecule has 2 rings (SSSR count). The molecule has 0 unspecified atom stereocenters. The first-order chi connectivity index (χ1) is 8.61. The van der Waals surface area contributed by atoms with Gasteiger partial charge in [0.25, 0.3) is 5.91 Å². The molecule has 0 aliphatic heterocycles. The van der Waals surface area contributed by atoms with E-state index in [0.717, 1.165) is 4.47 Å². The number of anilines is 1. The van der Waals surface area contributed by atoms with Gasteiger partial charge in [-0.05, 0) is 28.1 Å². The molecule has 2 aromatic heterocycles. The van der Waals surface area contributed by atoms with Crippen LogP contribution in [0.2, 0.25) is 0 Å². The predicted molar refractivity (Wildman–Crippen MR) is 67.8 cm³/mol. The highest BCUT2D eigenvalue weighted by Crippen LogP contribution is 2.14. The van der Waals surface area contributed by atoms with E-state index in [9.17, 15) is 4.79 Å². The minimum absolute atomic E-state index is 0.267. The van der Waals surface area contributed by atoms with Crippen LogP contribution in [0.1, 0.15) is 16.1 Å². The number of hydrogen-bond acceptors (Lipinski definition) is 4. The second-order valence-electron chi connectivity index (χ2n) is 3.46. The minimum Gasteiger partial charge on any atom is -0.304 e. The summed E-state index contributed by atoms with van der Waals surface area (Å²) in [5.74, 6) is -0.0326. The van der Waals surface area contributed by atoms with Crippen LogP contribution in [0.4, 0.5) is 5.82 Å². The van der Waals surface area contributed by atoms with Crippen molar-refractivity contribution in [1.29, 1.82) is 5.26 Å². The van der Waals surface area contributed by atoms with Gasteiger partial charge in [0.1, 0.15) is 23.1 Å². The van der Waals surface area contributed by atoms with Crippen LogP contribution in [0, 0.1) is 11.3 Å². The Morgan fingerprint density at radius 1 is 1.50 bits per heavy atom. The van der Waals surface area contributed by atoms with E-state index in [2.05, 4.69) is 31.3 Å². The molecular weight excluding hydrogens is 298 g/mol. The maximum Gasteiger partial charge on any atom is 0.275 e. The number of rotatable bonds is 2. The summed E-state index contributed by atoms with van der Waals surface area (Å²) < 4.78 is 2.22. The molecule has 0 radical (unpaired) electrons. The third-order valence-corrected chi connectivity index (χ3v) is 2.72. The molecule has 2 heterocycles. The van der Waals surface area contributed by atoms with Crippen LogP contribution in [0.25, 0.3) is 0 Å². The lowest BCUT2D eigenvalue weighted by Crippen LogP contribution is -2.16. The molecule has 0 aliphatic rings. The number of pyridine rings is 1. The molecule has 90 valence electrons. The third kappa shape index (κ3) is 2.38. The van der Waals surface area contributed by atoms with Crippen molar-refractivity contribution in [1.82, 2.24) is 14.8 Å². The van der Waals surface area contributed by atoms with Crippen molar-refractivity contribution in [3.05, 3.63) is 40.3 Å². The predicted octanol–water partition coefficient (Wildman–Crippen LogP) is 1.70. The molecule has 18 heavy (non-hydrogen) atoms. The molecule has 0 atom stereocenters. The van der Waals surface area contributed by atoms with Gasteiger partial charge in [-0.3, -0.25) is 9.48 Å². The van der Waals surface area contributed by atoms with E-state index in [1.54, 1.807) is 19.2 Å². The number of nitriles is 1. The summed E-state index contributed by atoms with van der Waals surface area (Å²) in [6.45, 7) is 0. The number of carbonyl (C=O) groups is 1. The summed E-state index contributed by atoms with van der Waals surface area (Å²) in [6.07, 6.45) is 2.92. The van der Waals surface area contributed by atoms with Crippen molar-refractivity contribution in [2.24, 2.45) is 7.05 Å². The molecule has 6 nitrogen and oxygen atoms in total. The molecule has 0 aliphatic carbocycles. The lowest BCUT2D eigenvalue weighted by atomic mass is 10.3. The van der Waals surface area contributed by atoms with Gasteiger partial charge in [-0.15, -0.1) is 0 Å². The van der Waals surface area contributed by atoms with E-state index in [-0.39, 0.29) is 11.6 Å². The number of hydrogen-bond donors (Lipinski definition) is 1. The Hall–Kier alpha value is -2.20. The van der Waals surface area contributed by atoms with Crippen molar-refractivity contribution in [3.63, 3.8) is 0 Å². The fourth-order valence-corrected chi connectivity index (χ4v) is 1.58. The van der Waals surface area contributed by atoms with Crippen LogP contribution < -0.4 is 5.32 Å². The van der Waals surface area contributed by atoms with Crippen molar-refractivity contribution in [2.75, 3.05) is 5.32 Å². The molecule has 7 heteroatoms. The molecule has 2 aromatic rings. The topological polar surface area (TPSA) is 83.6 Å². The average Bonchev–Trinajstić information content (AvgIpc) is 2.71. The molecule has 0 saturated heterocycles. The molecule has 1 amide bonds. The summed E-state index contributed by atoms with van der Waals surface area (Å²) >= 11 is 3.24. The molecule has 0 spiro atoms. The number of aromatic nitrogens is 3. The van der Waals surface area contributed by atoms with Gasteiger partial charge in [0.2, 0.25) is 0 Å². The Bertz CT molecular complexity index is 626. The summed E-state index contributed by atoms with van der Waals surface area (Å²) in [4.78, 5) is 15.9. The average molecular weight is 306 g/mol. The number of halogens is 1. The van der Waals surface area contributed by atoms with Crippen LogP contribution in [0.15, 0.2) is 29.0 Å². The van der Waals surface area contributed by atoms with Crippen molar-refractivity contribution in [2.45, 2.75) is 0 Å². The second-order valence-corrected chi connectivity index (χ2v) is 4.37. The van der Waals surface area contributed by atoms with Crippen molar-refractivity contribution >= 4 is 27.7 Å². The van der Waals surface area contributed by atoms with Gasteiger partial charge < -0.3 is 5.32 Å². The van der Waals surface area contributed by atoms with Gasteiger partial charge >= 0.3 is 0 Å². The quantitative estimate of drug-likeness (QED) is 0.915. The maximum absolute atomic E-state index is 11.9. The van der Waals surface area contributed by atoms with Gasteiger partial charge in [-0.1, -0.05) is 0 Å². The summed E-state index contributed by atoms with van der Waals surface area (Å²) in [7, 11) is 1.64. The molecule has 0 aromatic carbocycles. The fourth-order valence-electron chi connectivity index (χ4n) is 1.35. The van der Waals surface area contributed by atoms with Crippen LogP contribution in [-0.2, 0) is 7.05 Å². The Morgan fingerprint density at radius 3 is 2.89 bits per heavy atom. The Balaban J connectivity index is 2.24. The highest BCUT2D eigenvalue weighted by atomic mass is 79.9. The number of nitrogens with one attached hydrogen (secondary N) is 1. The van der Waals surface area contributed by atoms with Gasteiger partial charge in [0, 0.05) is 17.7 Å². The molecule has 0 fully saturated rings. The van der Waals surface area contributed by atoms with Crippen molar-refractivity contribution < 1.29 is 4.79 Å². The summed E-state index contributed by atoms with van der Waals surface area (Å²) in [6, 6.07) is 5.26. The van der Waals surface area contributed by atoms with Crippen molar-refractivity contribution in [3.8, 4) is 6.07 Å². The molecule has 0 bridgehead atoms. The van der Waals surface area contributed by atoms with Gasteiger partial charge in [-0.25, -0.2) is 4.98 Å². The second kappa shape index (κ2) is 4.98. The zero-order valence-corrected chi connectivity index (χ0v) is 11.0. The first kappa shape index (κ1) is 12.3. The number of carbonyl (C=O) groups excluding carboxylic acids is 1. The number of aryl methyl sites for hydroxylation is 1. The first-order valence-electron chi connectivity index (χ1n) is 4.97. The normalized spacial score (nSPS) is 9.83. The molecule has 1 N–H and O–H groups in total. The SMILES string of the molecule is Cn1ncc(C#N)c1NC(=O)c1ccc(Br)cn1.